The highest BCUT2D eigenvalue weighted by Gasteiger charge is 2.30. The van der Waals surface area contributed by atoms with E-state index in [2.05, 4.69) is 49.8 Å². The number of hydrogen-bond donors (Lipinski definition) is 4. The van der Waals surface area contributed by atoms with Crippen molar-refractivity contribution in [2.24, 2.45) is 0 Å². The van der Waals surface area contributed by atoms with Crippen molar-refractivity contribution in [3.05, 3.63) is 107 Å². The van der Waals surface area contributed by atoms with Crippen LogP contribution in [0.5, 0.6) is 0 Å². The van der Waals surface area contributed by atoms with Gasteiger partial charge in [-0.05, 0) is 35.7 Å². The third-order valence-electron chi connectivity index (χ3n) is 7.44. The van der Waals surface area contributed by atoms with Gasteiger partial charge < -0.3 is 25.5 Å². The molecule has 2 aliphatic heterocycles. The molecule has 0 aliphatic carbocycles. The fourth-order valence-electron chi connectivity index (χ4n) is 5.13. The molecule has 2 aromatic heterocycles. The van der Waals surface area contributed by atoms with Crippen molar-refractivity contribution >= 4 is 33.9 Å². The summed E-state index contributed by atoms with van der Waals surface area (Å²) in [5, 5.41) is 20.6. The number of pyridine rings is 2. The molecule has 4 aromatic rings. The number of fused-ring (bicyclic) bond motifs is 1. The van der Waals surface area contributed by atoms with Crippen LogP contribution in [0.1, 0.15) is 35.2 Å². The lowest BCUT2D eigenvalue weighted by atomic mass is 10.0. The van der Waals surface area contributed by atoms with E-state index in [4.69, 9.17) is 21.1 Å². The maximum Gasteiger partial charge on any atom is 0.103 e. The van der Waals surface area contributed by atoms with Gasteiger partial charge in [-0.3, -0.25) is 15.0 Å². The van der Waals surface area contributed by atoms with Gasteiger partial charge in [0.15, 0.2) is 0 Å². The van der Waals surface area contributed by atoms with E-state index < -0.39 is 0 Å². The van der Waals surface area contributed by atoms with E-state index in [0.717, 1.165) is 27.9 Å². The molecule has 0 bridgehead atoms. The largest absolute Gasteiger partial charge is 0.385 e. The summed E-state index contributed by atoms with van der Waals surface area (Å²) in [7, 11) is 1.68. The molecule has 6 rings (SSSR count). The van der Waals surface area contributed by atoms with Crippen molar-refractivity contribution in [2.75, 3.05) is 37.6 Å². The Labute approximate surface area is 249 Å². The average molecular weight is 583 g/mol. The number of methoxy groups -OCH3 is 1. The van der Waals surface area contributed by atoms with Crippen LogP contribution in [0, 0.1) is 11.3 Å². The molecule has 4 heterocycles. The fourth-order valence-corrected chi connectivity index (χ4v) is 5.39. The Morgan fingerprint density at radius 2 is 1.98 bits per heavy atom. The van der Waals surface area contributed by atoms with Crippen molar-refractivity contribution in [2.45, 2.75) is 24.5 Å². The van der Waals surface area contributed by atoms with Gasteiger partial charge in [0, 0.05) is 49.6 Å². The predicted molar refractivity (Wildman–Crippen MR) is 162 cm³/mol. The summed E-state index contributed by atoms with van der Waals surface area (Å²) in [4.78, 5) is 8.90. The fraction of sp³-hybridized carbons (Fsp3) is 0.258. The van der Waals surface area contributed by atoms with Gasteiger partial charge in [0.2, 0.25) is 0 Å². The van der Waals surface area contributed by atoms with Crippen LogP contribution >= 0.6 is 11.6 Å². The van der Waals surface area contributed by atoms with Crippen molar-refractivity contribution < 1.29 is 9.47 Å². The zero-order chi connectivity index (χ0) is 28.9. The molecule has 0 saturated carbocycles. The summed E-state index contributed by atoms with van der Waals surface area (Å²) in [5.74, 6) is 0. The number of hydrogen-bond acceptors (Lipinski definition) is 10. The molecule has 4 N–H and O–H groups in total. The standard InChI is InChI=1S/C31H31ClN8O2/c1-41-11-9-27(20-6-3-2-4-7-20)37-29-22(14-33)16-35-31-25(29)12-23(13-26(31)32)36-30(21-8-5-10-34-15-21)28-17-40(39-38-28)24-18-42-19-24/h2-8,10,12-13,15-17,24,27,30,36,38-39H,9,11,18-19H2,1H3,(H,35,37)/t27-,30-/m0/s1. The minimum absolute atomic E-state index is 0.0947. The lowest BCUT2D eigenvalue weighted by Crippen LogP contribution is -2.52. The number of benzene rings is 2. The van der Waals surface area contributed by atoms with Crippen molar-refractivity contribution in [1.82, 2.24) is 25.9 Å². The molecule has 2 aromatic carbocycles. The lowest BCUT2D eigenvalue weighted by Gasteiger charge is -2.33. The van der Waals surface area contributed by atoms with Crippen LogP contribution in [-0.4, -0.2) is 47.9 Å². The van der Waals surface area contributed by atoms with Crippen LogP contribution in [0.25, 0.3) is 10.9 Å². The molecule has 0 radical (unpaired) electrons. The number of nitriles is 1. The number of nitrogens with zero attached hydrogens (tertiary/aromatic N) is 4. The zero-order valence-corrected chi connectivity index (χ0v) is 23.8. The number of halogens is 1. The molecule has 0 amide bonds. The second kappa shape index (κ2) is 12.6. The second-order valence-corrected chi connectivity index (χ2v) is 10.6. The topological polar surface area (TPSA) is 119 Å². The van der Waals surface area contributed by atoms with Crippen LogP contribution in [-0.2, 0) is 9.47 Å². The van der Waals surface area contributed by atoms with Crippen LogP contribution < -0.4 is 21.6 Å². The maximum atomic E-state index is 10.1. The van der Waals surface area contributed by atoms with Crippen molar-refractivity contribution in [3.63, 3.8) is 0 Å². The predicted octanol–water partition coefficient (Wildman–Crippen LogP) is 5.06. The van der Waals surface area contributed by atoms with E-state index in [0.29, 0.717) is 48.0 Å². The number of hydrazine groups is 2. The third-order valence-corrected chi connectivity index (χ3v) is 7.73. The van der Waals surface area contributed by atoms with Crippen LogP contribution in [0.4, 0.5) is 11.4 Å². The Morgan fingerprint density at radius 1 is 1.14 bits per heavy atom. The first-order valence-electron chi connectivity index (χ1n) is 13.7. The quantitative estimate of drug-likeness (QED) is 0.191. The molecule has 0 spiro atoms. The Balaban J connectivity index is 1.39. The van der Waals surface area contributed by atoms with Gasteiger partial charge in [0.05, 0.1) is 58.8 Å². The zero-order valence-electron chi connectivity index (χ0n) is 23.0. The molecule has 42 heavy (non-hydrogen) atoms. The van der Waals surface area contributed by atoms with E-state index in [-0.39, 0.29) is 18.1 Å². The Bertz CT molecular complexity index is 1610. The highest BCUT2D eigenvalue weighted by Crippen LogP contribution is 2.37. The Morgan fingerprint density at radius 3 is 2.69 bits per heavy atom. The van der Waals surface area contributed by atoms with Crippen molar-refractivity contribution in [3.8, 4) is 6.07 Å². The monoisotopic (exact) mass is 582 g/mol. The average Bonchev–Trinajstić information content (AvgIpc) is 3.47. The summed E-state index contributed by atoms with van der Waals surface area (Å²) in [6, 6.07) is 20.1. The van der Waals surface area contributed by atoms with E-state index in [9.17, 15) is 5.26 Å². The molecule has 10 nitrogen and oxygen atoms in total. The number of rotatable bonds is 11. The van der Waals surface area contributed by atoms with Gasteiger partial charge >= 0.3 is 0 Å². The van der Waals surface area contributed by atoms with Crippen molar-refractivity contribution in [1.29, 1.82) is 5.26 Å². The van der Waals surface area contributed by atoms with Gasteiger partial charge in [-0.25, -0.2) is 0 Å². The second-order valence-electron chi connectivity index (χ2n) is 10.2. The molecule has 11 heteroatoms. The third kappa shape index (κ3) is 5.82. The summed E-state index contributed by atoms with van der Waals surface area (Å²) < 4.78 is 10.8. The lowest BCUT2D eigenvalue weighted by molar-refractivity contribution is -0.0635. The SMILES string of the molecule is COCC[C@H](Nc1c(C#N)cnc2c(Cl)cc(N[C@H](C3=CN(C4COC4)NN3)c3cccnc3)cc12)c1ccccc1. The molecule has 1 fully saturated rings. The van der Waals surface area contributed by atoms with Gasteiger partial charge in [0.1, 0.15) is 6.07 Å². The first kappa shape index (κ1) is 27.8. The first-order valence-corrected chi connectivity index (χ1v) is 14.1. The van der Waals surface area contributed by atoms with E-state index in [1.165, 1.54) is 0 Å². The Kier molecular flexibility index (Phi) is 8.35. The van der Waals surface area contributed by atoms with Crippen LogP contribution in [0.3, 0.4) is 0 Å². The summed E-state index contributed by atoms with van der Waals surface area (Å²) in [6.07, 6.45) is 7.90. The molecular formula is C31H31ClN8O2. The molecular weight excluding hydrogens is 552 g/mol. The van der Waals surface area contributed by atoms with E-state index in [1.807, 2.05) is 59.9 Å². The molecule has 1 saturated heterocycles. The molecule has 214 valence electrons. The number of ether oxygens (including phenoxy) is 2. The molecule has 0 unspecified atom stereocenters. The van der Waals surface area contributed by atoms with Gasteiger partial charge in [-0.1, -0.05) is 48.0 Å². The van der Waals surface area contributed by atoms with Crippen LogP contribution in [0.15, 0.2) is 85.1 Å². The number of aromatic nitrogens is 2. The molecule has 2 aliphatic rings. The van der Waals surface area contributed by atoms with E-state index in [1.54, 1.807) is 19.5 Å². The van der Waals surface area contributed by atoms with Gasteiger partial charge in [-0.2, -0.15) is 5.26 Å². The highest BCUT2D eigenvalue weighted by atomic mass is 35.5. The highest BCUT2D eigenvalue weighted by molar-refractivity contribution is 6.35. The van der Waals surface area contributed by atoms with E-state index >= 15 is 0 Å². The number of nitrogens with one attached hydrogen (secondary N) is 4. The maximum absolute atomic E-state index is 10.1. The minimum Gasteiger partial charge on any atom is -0.385 e. The summed E-state index contributed by atoms with van der Waals surface area (Å²) in [5.41, 5.74) is 12.0. The van der Waals surface area contributed by atoms with Crippen LogP contribution in [0.2, 0.25) is 5.02 Å². The Hall–Kier alpha value is -4.40. The first-order chi connectivity index (χ1) is 20.6. The van der Waals surface area contributed by atoms with Gasteiger partial charge in [0.25, 0.3) is 0 Å². The molecule has 2 atom stereocenters. The minimum atomic E-state index is -0.270. The summed E-state index contributed by atoms with van der Waals surface area (Å²) >= 11 is 6.84. The van der Waals surface area contributed by atoms with Gasteiger partial charge in [-0.15, -0.1) is 5.53 Å². The number of anilines is 2. The smallest absolute Gasteiger partial charge is 0.103 e. The normalized spacial score (nSPS) is 16.2. The summed E-state index contributed by atoms with van der Waals surface area (Å²) in [6.45, 7) is 1.89.